The highest BCUT2D eigenvalue weighted by molar-refractivity contribution is 7.19. The average Bonchev–Trinajstić information content (AvgIpc) is 3.10. The molecular weight excluding hydrogens is 342 g/mol. The van der Waals surface area contributed by atoms with Crippen LogP contribution in [0.3, 0.4) is 0 Å². The number of amides is 1. The van der Waals surface area contributed by atoms with Crippen LogP contribution in [0.15, 0.2) is 60.7 Å². The first-order chi connectivity index (χ1) is 12.8. The second-order valence-electron chi connectivity index (χ2n) is 6.44. The number of carbonyl (C=O) groups excluding carboxylic acids is 1. The monoisotopic (exact) mass is 363 g/mol. The number of nitrogens with zero attached hydrogens (tertiary/aromatic N) is 3. The third kappa shape index (κ3) is 4.00. The van der Waals surface area contributed by atoms with E-state index in [0.717, 1.165) is 47.9 Å². The number of hydrogen-bond donors (Lipinski definition) is 0. The number of thiazole rings is 1. The van der Waals surface area contributed by atoms with Crippen LogP contribution >= 0.6 is 11.3 Å². The van der Waals surface area contributed by atoms with Crippen molar-refractivity contribution < 1.29 is 4.79 Å². The maximum absolute atomic E-state index is 12.4. The van der Waals surface area contributed by atoms with Gasteiger partial charge in [-0.3, -0.25) is 9.69 Å². The summed E-state index contributed by atoms with van der Waals surface area (Å²) in [5, 5.41) is 0.877. The van der Waals surface area contributed by atoms with Gasteiger partial charge in [0.1, 0.15) is 5.01 Å². The van der Waals surface area contributed by atoms with Crippen molar-refractivity contribution in [1.29, 1.82) is 0 Å². The van der Waals surface area contributed by atoms with E-state index in [1.807, 2.05) is 35.2 Å². The summed E-state index contributed by atoms with van der Waals surface area (Å²) in [4.78, 5) is 21.3. The summed E-state index contributed by atoms with van der Waals surface area (Å²) in [7, 11) is 0. The predicted octanol–water partition coefficient (Wildman–Crippen LogP) is 3.65. The van der Waals surface area contributed by atoms with E-state index in [1.165, 1.54) is 5.56 Å². The number of hydrogen-bond acceptors (Lipinski definition) is 4. The molecule has 1 fully saturated rings. The van der Waals surface area contributed by atoms with E-state index in [-0.39, 0.29) is 5.91 Å². The van der Waals surface area contributed by atoms with Gasteiger partial charge in [-0.15, -0.1) is 11.3 Å². The number of carbonyl (C=O) groups is 1. The molecule has 4 rings (SSSR count). The molecule has 0 N–H and O–H groups in total. The van der Waals surface area contributed by atoms with Crippen molar-refractivity contribution in [2.75, 3.05) is 26.2 Å². The van der Waals surface area contributed by atoms with Gasteiger partial charge in [-0.05, 0) is 23.8 Å². The van der Waals surface area contributed by atoms with Crippen LogP contribution in [0.25, 0.3) is 16.3 Å². The minimum Gasteiger partial charge on any atom is -0.337 e. The molecule has 3 aromatic rings. The summed E-state index contributed by atoms with van der Waals surface area (Å²) >= 11 is 1.61. The minimum absolute atomic E-state index is 0.0728. The second-order valence-corrected chi connectivity index (χ2v) is 7.50. The van der Waals surface area contributed by atoms with Crippen LogP contribution in [-0.2, 0) is 11.3 Å². The van der Waals surface area contributed by atoms with E-state index < -0.39 is 0 Å². The number of piperazine rings is 1. The van der Waals surface area contributed by atoms with Crippen LogP contribution in [0.4, 0.5) is 0 Å². The van der Waals surface area contributed by atoms with Crippen molar-refractivity contribution in [1.82, 2.24) is 14.8 Å². The smallest absolute Gasteiger partial charge is 0.246 e. The van der Waals surface area contributed by atoms with Gasteiger partial charge in [0.15, 0.2) is 0 Å². The maximum Gasteiger partial charge on any atom is 0.246 e. The lowest BCUT2D eigenvalue weighted by molar-refractivity contribution is -0.127. The van der Waals surface area contributed by atoms with Crippen molar-refractivity contribution >= 4 is 33.5 Å². The summed E-state index contributed by atoms with van der Waals surface area (Å²) < 4.78 is 1.15. The molecule has 1 aromatic heterocycles. The quantitative estimate of drug-likeness (QED) is 0.664. The zero-order valence-corrected chi connectivity index (χ0v) is 15.4. The summed E-state index contributed by atoms with van der Waals surface area (Å²) in [6.45, 7) is 4.32. The fourth-order valence-corrected chi connectivity index (χ4v) is 4.05. The van der Waals surface area contributed by atoms with Crippen molar-refractivity contribution in [2.45, 2.75) is 6.54 Å². The summed E-state index contributed by atoms with van der Waals surface area (Å²) in [6.07, 6.45) is 3.49. The molecule has 0 radical (unpaired) electrons. The van der Waals surface area contributed by atoms with Gasteiger partial charge in [-0.1, -0.05) is 42.5 Å². The summed E-state index contributed by atoms with van der Waals surface area (Å²) in [6, 6.07) is 18.5. The van der Waals surface area contributed by atoms with E-state index in [2.05, 4.69) is 40.2 Å². The first-order valence-corrected chi connectivity index (χ1v) is 9.68. The third-order valence-corrected chi connectivity index (χ3v) is 5.61. The van der Waals surface area contributed by atoms with E-state index in [9.17, 15) is 4.79 Å². The van der Waals surface area contributed by atoms with Gasteiger partial charge in [0, 0.05) is 38.8 Å². The molecule has 1 saturated heterocycles. The van der Waals surface area contributed by atoms with E-state index >= 15 is 0 Å². The molecule has 1 aliphatic rings. The maximum atomic E-state index is 12.4. The highest BCUT2D eigenvalue weighted by Gasteiger charge is 2.19. The normalized spacial score (nSPS) is 15.8. The number of rotatable bonds is 4. The van der Waals surface area contributed by atoms with Gasteiger partial charge in [0.25, 0.3) is 0 Å². The zero-order valence-electron chi connectivity index (χ0n) is 14.5. The van der Waals surface area contributed by atoms with Gasteiger partial charge >= 0.3 is 0 Å². The summed E-state index contributed by atoms with van der Waals surface area (Å²) in [5.41, 5.74) is 2.31. The molecule has 2 aromatic carbocycles. The Morgan fingerprint density at radius 1 is 1.00 bits per heavy atom. The average molecular weight is 363 g/mol. The molecule has 2 heterocycles. The molecule has 0 bridgehead atoms. The van der Waals surface area contributed by atoms with Crippen LogP contribution in [0.1, 0.15) is 10.6 Å². The fraction of sp³-hybridized carbons (Fsp3) is 0.238. The third-order valence-electron chi connectivity index (χ3n) is 4.61. The molecule has 4 nitrogen and oxygen atoms in total. The lowest BCUT2D eigenvalue weighted by Gasteiger charge is -2.34. The number of fused-ring (bicyclic) bond motifs is 1. The number of benzene rings is 2. The van der Waals surface area contributed by atoms with Gasteiger partial charge in [-0.25, -0.2) is 4.98 Å². The molecule has 0 spiro atoms. The minimum atomic E-state index is 0.0728. The molecular formula is C21H21N3OS. The lowest BCUT2D eigenvalue weighted by atomic mass is 10.2. The van der Waals surface area contributed by atoms with Crippen LogP contribution in [0.5, 0.6) is 0 Å². The highest BCUT2D eigenvalue weighted by Crippen LogP contribution is 2.22. The lowest BCUT2D eigenvalue weighted by Crippen LogP contribution is -2.47. The van der Waals surface area contributed by atoms with Crippen LogP contribution in [-0.4, -0.2) is 46.9 Å². The van der Waals surface area contributed by atoms with Crippen LogP contribution in [0.2, 0.25) is 0 Å². The van der Waals surface area contributed by atoms with Crippen molar-refractivity contribution in [3.8, 4) is 0 Å². The Labute approximate surface area is 157 Å². The first-order valence-electron chi connectivity index (χ1n) is 8.87. The largest absolute Gasteiger partial charge is 0.337 e. The van der Waals surface area contributed by atoms with Crippen molar-refractivity contribution in [2.24, 2.45) is 0 Å². The molecule has 1 aliphatic heterocycles. The predicted molar refractivity (Wildman–Crippen MR) is 107 cm³/mol. The van der Waals surface area contributed by atoms with Gasteiger partial charge in [0.2, 0.25) is 5.91 Å². The Morgan fingerprint density at radius 3 is 2.50 bits per heavy atom. The highest BCUT2D eigenvalue weighted by atomic mass is 32.1. The van der Waals surface area contributed by atoms with Crippen molar-refractivity contribution in [3.05, 3.63) is 71.2 Å². The molecule has 132 valence electrons. The van der Waals surface area contributed by atoms with Crippen LogP contribution in [0, 0.1) is 0 Å². The Kier molecular flexibility index (Phi) is 5.09. The zero-order chi connectivity index (χ0) is 17.8. The van der Waals surface area contributed by atoms with E-state index in [4.69, 9.17) is 0 Å². The first kappa shape index (κ1) is 16.9. The molecule has 0 unspecified atom stereocenters. The van der Waals surface area contributed by atoms with Crippen LogP contribution < -0.4 is 0 Å². The Morgan fingerprint density at radius 2 is 1.73 bits per heavy atom. The summed E-state index contributed by atoms with van der Waals surface area (Å²) in [5.74, 6) is 0.0728. The molecule has 0 saturated carbocycles. The SMILES string of the molecule is O=C(/C=C/c1nc2ccccc2s1)N1CCN(Cc2ccccc2)CC1. The topological polar surface area (TPSA) is 36.4 Å². The van der Waals surface area contributed by atoms with E-state index in [0.29, 0.717) is 0 Å². The van der Waals surface area contributed by atoms with Gasteiger partial charge in [0.05, 0.1) is 10.2 Å². The van der Waals surface area contributed by atoms with E-state index in [1.54, 1.807) is 17.4 Å². The van der Waals surface area contributed by atoms with Crippen molar-refractivity contribution in [3.63, 3.8) is 0 Å². The Hall–Kier alpha value is -2.50. The molecule has 0 atom stereocenters. The molecule has 26 heavy (non-hydrogen) atoms. The Bertz CT molecular complexity index is 878. The van der Waals surface area contributed by atoms with Gasteiger partial charge < -0.3 is 4.90 Å². The number of aromatic nitrogens is 1. The second kappa shape index (κ2) is 7.81. The molecule has 0 aliphatic carbocycles. The number of para-hydroxylation sites is 1. The van der Waals surface area contributed by atoms with Gasteiger partial charge in [-0.2, -0.15) is 0 Å². The fourth-order valence-electron chi connectivity index (χ4n) is 3.18. The Balaban J connectivity index is 1.32. The molecule has 5 heteroatoms. The molecule has 1 amide bonds. The standard InChI is InChI=1S/C21H21N3OS/c25-21(11-10-20-22-18-8-4-5-9-19(18)26-20)24-14-12-23(13-15-24)16-17-6-2-1-3-7-17/h1-11H,12-16H2/b11-10+.